The van der Waals surface area contributed by atoms with Crippen LogP contribution in [-0.2, 0) is 0 Å². The van der Waals surface area contributed by atoms with Crippen molar-refractivity contribution in [2.75, 3.05) is 0 Å². The van der Waals surface area contributed by atoms with Crippen molar-refractivity contribution in [2.24, 2.45) is 0 Å². The Balaban J connectivity index is 1.78. The fourth-order valence-corrected chi connectivity index (χ4v) is 3.66. The summed E-state index contributed by atoms with van der Waals surface area (Å²) in [7, 11) is 0. The number of aliphatic hydroxyl groups is 2. The van der Waals surface area contributed by atoms with Crippen LogP contribution >= 0.6 is 0 Å². The summed E-state index contributed by atoms with van der Waals surface area (Å²) in [5, 5.41) is 22.4. The number of unbranched alkanes of at least 4 members (excludes halogenated alkanes) is 9. The molecule has 0 saturated carbocycles. The van der Waals surface area contributed by atoms with Gasteiger partial charge < -0.3 is 15.5 Å². The van der Waals surface area contributed by atoms with Crippen molar-refractivity contribution in [1.29, 1.82) is 0 Å². The summed E-state index contributed by atoms with van der Waals surface area (Å²) in [5.74, 6) is 0. The van der Waals surface area contributed by atoms with E-state index in [0.29, 0.717) is 6.04 Å². The summed E-state index contributed by atoms with van der Waals surface area (Å²) in [4.78, 5) is 0. The predicted molar refractivity (Wildman–Crippen MR) is 98.7 cm³/mol. The van der Waals surface area contributed by atoms with Crippen molar-refractivity contribution >= 4 is 0 Å². The van der Waals surface area contributed by atoms with E-state index in [4.69, 9.17) is 0 Å². The number of aliphatic hydroxyl groups excluding tert-OH is 2. The predicted octanol–water partition coefficient (Wildman–Crippen LogP) is 4.55. The van der Waals surface area contributed by atoms with Gasteiger partial charge >= 0.3 is 0 Å². The molecule has 0 amide bonds. The van der Waals surface area contributed by atoms with E-state index in [1.807, 2.05) is 6.92 Å². The molecular formula is C20H41NO2. The van der Waals surface area contributed by atoms with Crippen molar-refractivity contribution in [3.8, 4) is 0 Å². The molecule has 3 N–H and O–H groups in total. The molecule has 138 valence electrons. The van der Waals surface area contributed by atoms with Gasteiger partial charge in [-0.05, 0) is 39.5 Å². The second kappa shape index (κ2) is 13.2. The normalized spacial score (nSPS) is 26.3. The van der Waals surface area contributed by atoms with E-state index in [0.717, 1.165) is 19.3 Å². The molecule has 0 aromatic heterocycles. The average molecular weight is 328 g/mol. The summed E-state index contributed by atoms with van der Waals surface area (Å²) >= 11 is 0. The minimum atomic E-state index is -0.140. The third-order valence-corrected chi connectivity index (χ3v) is 5.31. The summed E-state index contributed by atoms with van der Waals surface area (Å²) in [5.41, 5.74) is 0. The largest absolute Gasteiger partial charge is 0.393 e. The van der Waals surface area contributed by atoms with Crippen LogP contribution in [0.4, 0.5) is 0 Å². The Morgan fingerprint density at radius 1 is 0.870 bits per heavy atom. The number of rotatable bonds is 13. The molecule has 0 aromatic carbocycles. The molecule has 1 saturated heterocycles. The van der Waals surface area contributed by atoms with Crippen LogP contribution in [0.15, 0.2) is 0 Å². The molecule has 3 nitrogen and oxygen atoms in total. The Kier molecular flexibility index (Phi) is 12.0. The third-order valence-electron chi connectivity index (χ3n) is 5.31. The molecule has 1 aliphatic heterocycles. The van der Waals surface area contributed by atoms with Crippen molar-refractivity contribution in [2.45, 2.75) is 128 Å². The van der Waals surface area contributed by atoms with Gasteiger partial charge in [0.05, 0.1) is 12.2 Å². The Morgan fingerprint density at radius 3 is 1.91 bits per heavy atom. The van der Waals surface area contributed by atoms with E-state index in [2.05, 4.69) is 12.2 Å². The summed E-state index contributed by atoms with van der Waals surface area (Å²) in [6, 6.07) is 0.907. The number of hydrogen-bond donors (Lipinski definition) is 3. The first-order chi connectivity index (χ1) is 11.1. The van der Waals surface area contributed by atoms with Gasteiger partial charge in [0.15, 0.2) is 0 Å². The first-order valence-electron chi connectivity index (χ1n) is 10.2. The van der Waals surface area contributed by atoms with Crippen LogP contribution in [0.5, 0.6) is 0 Å². The highest BCUT2D eigenvalue weighted by Gasteiger charge is 2.24. The second-order valence-corrected chi connectivity index (χ2v) is 7.76. The quantitative estimate of drug-likeness (QED) is 0.435. The molecular weight excluding hydrogens is 286 g/mol. The fraction of sp³-hybridized carbons (Fsp3) is 1.00. The van der Waals surface area contributed by atoms with E-state index < -0.39 is 0 Å². The summed E-state index contributed by atoms with van der Waals surface area (Å²) in [6.45, 7) is 3.98. The lowest BCUT2D eigenvalue weighted by Crippen LogP contribution is -2.48. The molecule has 1 rings (SSSR count). The van der Waals surface area contributed by atoms with Gasteiger partial charge in [0.1, 0.15) is 0 Å². The minimum Gasteiger partial charge on any atom is -0.393 e. The van der Waals surface area contributed by atoms with E-state index in [-0.39, 0.29) is 18.2 Å². The Bertz CT molecular complexity index is 270. The molecule has 1 heterocycles. The highest BCUT2D eigenvalue weighted by Crippen LogP contribution is 2.18. The molecule has 2 unspecified atom stereocenters. The lowest BCUT2D eigenvalue weighted by atomic mass is 9.93. The maximum Gasteiger partial charge on any atom is 0.0691 e. The zero-order valence-electron chi connectivity index (χ0n) is 15.6. The maximum atomic E-state index is 9.71. The minimum absolute atomic E-state index is 0.118. The van der Waals surface area contributed by atoms with Crippen molar-refractivity contribution in [3.05, 3.63) is 0 Å². The molecule has 0 aromatic rings. The Hall–Kier alpha value is -0.120. The van der Waals surface area contributed by atoms with E-state index in [9.17, 15) is 10.2 Å². The van der Waals surface area contributed by atoms with Gasteiger partial charge in [0.2, 0.25) is 0 Å². The van der Waals surface area contributed by atoms with Gasteiger partial charge in [-0.2, -0.15) is 0 Å². The zero-order valence-corrected chi connectivity index (χ0v) is 15.6. The van der Waals surface area contributed by atoms with Gasteiger partial charge in [0.25, 0.3) is 0 Å². The van der Waals surface area contributed by atoms with Crippen LogP contribution in [0.2, 0.25) is 0 Å². The van der Waals surface area contributed by atoms with Gasteiger partial charge in [-0.1, -0.05) is 64.2 Å². The SMILES string of the molecule is CC(O)CCCCCCCCCCCC[C@H]1CCC(O)[C@@H](C)N1. The first-order valence-corrected chi connectivity index (χ1v) is 10.2. The smallest absolute Gasteiger partial charge is 0.0691 e. The molecule has 1 fully saturated rings. The molecule has 4 atom stereocenters. The van der Waals surface area contributed by atoms with Gasteiger partial charge in [0, 0.05) is 12.1 Å². The van der Waals surface area contributed by atoms with Crippen molar-refractivity contribution in [1.82, 2.24) is 5.32 Å². The topological polar surface area (TPSA) is 52.5 Å². The number of piperidine rings is 1. The lowest BCUT2D eigenvalue weighted by Gasteiger charge is -2.32. The summed E-state index contributed by atoms with van der Waals surface area (Å²) < 4.78 is 0. The maximum absolute atomic E-state index is 9.71. The molecule has 0 aliphatic carbocycles. The molecule has 3 heteroatoms. The standard InChI is InChI=1S/C20H41NO2/c1-17(22)13-11-9-7-5-3-4-6-8-10-12-14-19-15-16-20(23)18(2)21-19/h17-23H,3-16H2,1-2H3/t17?,18-,19+,20?/m1/s1. The number of hydrogen-bond acceptors (Lipinski definition) is 3. The second-order valence-electron chi connectivity index (χ2n) is 7.76. The Labute approximate surface area is 144 Å². The highest BCUT2D eigenvalue weighted by molar-refractivity contribution is 4.83. The zero-order chi connectivity index (χ0) is 16.9. The molecule has 1 aliphatic rings. The van der Waals surface area contributed by atoms with Crippen LogP contribution in [-0.4, -0.2) is 34.5 Å². The molecule has 0 spiro atoms. The molecule has 0 radical (unpaired) electrons. The van der Waals surface area contributed by atoms with Crippen molar-refractivity contribution < 1.29 is 10.2 Å². The van der Waals surface area contributed by atoms with Crippen LogP contribution < -0.4 is 5.32 Å². The van der Waals surface area contributed by atoms with E-state index >= 15 is 0 Å². The lowest BCUT2D eigenvalue weighted by molar-refractivity contribution is 0.0849. The highest BCUT2D eigenvalue weighted by atomic mass is 16.3. The van der Waals surface area contributed by atoms with Crippen LogP contribution in [0, 0.1) is 0 Å². The van der Waals surface area contributed by atoms with Crippen molar-refractivity contribution in [3.63, 3.8) is 0 Å². The molecule has 0 bridgehead atoms. The number of nitrogens with one attached hydrogen (secondary N) is 1. The van der Waals surface area contributed by atoms with Gasteiger partial charge in [-0.15, -0.1) is 0 Å². The van der Waals surface area contributed by atoms with Gasteiger partial charge in [-0.3, -0.25) is 0 Å². The van der Waals surface area contributed by atoms with Crippen LogP contribution in [0.1, 0.15) is 104 Å². The molecule has 23 heavy (non-hydrogen) atoms. The first kappa shape index (κ1) is 20.9. The van der Waals surface area contributed by atoms with Crippen LogP contribution in [0.3, 0.4) is 0 Å². The van der Waals surface area contributed by atoms with Crippen LogP contribution in [0.25, 0.3) is 0 Å². The van der Waals surface area contributed by atoms with E-state index in [1.165, 1.54) is 70.6 Å². The van der Waals surface area contributed by atoms with E-state index in [1.54, 1.807) is 0 Å². The Morgan fingerprint density at radius 2 is 1.39 bits per heavy atom. The van der Waals surface area contributed by atoms with Gasteiger partial charge in [-0.25, -0.2) is 0 Å². The summed E-state index contributed by atoms with van der Waals surface area (Å²) in [6.07, 6.45) is 17.5. The fourth-order valence-electron chi connectivity index (χ4n) is 3.66. The third kappa shape index (κ3) is 11.1. The monoisotopic (exact) mass is 327 g/mol. The average Bonchev–Trinajstić information content (AvgIpc) is 2.51.